The highest BCUT2D eigenvalue weighted by molar-refractivity contribution is 7.89. The summed E-state index contributed by atoms with van der Waals surface area (Å²) in [6, 6.07) is 13.0. The molecule has 2 aromatic carbocycles. The summed E-state index contributed by atoms with van der Waals surface area (Å²) in [6.45, 7) is 0.103. The van der Waals surface area contributed by atoms with Crippen molar-refractivity contribution >= 4 is 27.5 Å². The Morgan fingerprint density at radius 2 is 1.52 bits per heavy atom. The number of benzene rings is 2. The fraction of sp³-hybridized carbons (Fsp3) is 0.227. The third-order valence-electron chi connectivity index (χ3n) is 5.42. The van der Waals surface area contributed by atoms with Crippen molar-refractivity contribution in [3.8, 4) is 5.69 Å². The Labute approximate surface area is 193 Å². The average molecular weight is 498 g/mol. The lowest BCUT2D eigenvalue weighted by Crippen LogP contribution is -2.50. The van der Waals surface area contributed by atoms with Crippen molar-refractivity contribution in [1.82, 2.24) is 13.8 Å². The van der Waals surface area contributed by atoms with E-state index >= 15 is 0 Å². The Hall–Kier alpha value is -2.82. The molecule has 1 aliphatic heterocycles. The molecular weight excluding hydrogens is 479 g/mol. The highest BCUT2D eigenvalue weighted by Gasteiger charge is 2.36. The predicted octanol–water partition coefficient (Wildman–Crippen LogP) is 4.30. The topological polar surface area (TPSA) is 62.6 Å². The molecule has 6 nitrogen and oxygen atoms in total. The molecule has 0 bridgehead atoms. The molecule has 0 N–H and O–H groups in total. The predicted molar refractivity (Wildman–Crippen MR) is 117 cm³/mol. The summed E-state index contributed by atoms with van der Waals surface area (Å²) >= 11 is 5.92. The zero-order valence-electron chi connectivity index (χ0n) is 17.2. The molecule has 0 atom stereocenters. The van der Waals surface area contributed by atoms with Crippen LogP contribution in [-0.4, -0.2) is 54.3 Å². The Morgan fingerprint density at radius 1 is 0.909 bits per heavy atom. The van der Waals surface area contributed by atoms with Gasteiger partial charge in [-0.2, -0.15) is 17.5 Å². The van der Waals surface area contributed by atoms with Gasteiger partial charge in [0.1, 0.15) is 4.90 Å². The number of alkyl halides is 3. The van der Waals surface area contributed by atoms with Crippen molar-refractivity contribution in [2.75, 3.05) is 26.2 Å². The Bertz CT molecular complexity index is 1250. The molecule has 0 spiro atoms. The van der Waals surface area contributed by atoms with Crippen LogP contribution in [0.2, 0.25) is 5.02 Å². The maximum absolute atomic E-state index is 13.0. The Morgan fingerprint density at radius 3 is 2.09 bits per heavy atom. The van der Waals surface area contributed by atoms with E-state index in [4.69, 9.17) is 11.6 Å². The molecule has 4 rings (SSSR count). The first-order valence-electron chi connectivity index (χ1n) is 9.97. The van der Waals surface area contributed by atoms with E-state index in [9.17, 15) is 26.4 Å². The van der Waals surface area contributed by atoms with Gasteiger partial charge in [-0.25, -0.2) is 8.42 Å². The number of carbonyl (C=O) groups is 1. The molecular formula is C22H19ClF3N3O3S. The highest BCUT2D eigenvalue weighted by atomic mass is 35.5. The van der Waals surface area contributed by atoms with Gasteiger partial charge in [0.25, 0.3) is 5.91 Å². The van der Waals surface area contributed by atoms with Gasteiger partial charge in [-0.1, -0.05) is 11.6 Å². The summed E-state index contributed by atoms with van der Waals surface area (Å²) in [5, 5.41) is -0.288. The largest absolute Gasteiger partial charge is 0.416 e. The van der Waals surface area contributed by atoms with E-state index in [1.54, 1.807) is 12.1 Å². The van der Waals surface area contributed by atoms with E-state index in [1.165, 1.54) is 4.90 Å². The van der Waals surface area contributed by atoms with Crippen LogP contribution in [0.5, 0.6) is 0 Å². The maximum Gasteiger partial charge on any atom is 0.416 e. The number of piperazine rings is 1. The van der Waals surface area contributed by atoms with Gasteiger partial charge in [-0.3, -0.25) is 4.79 Å². The zero-order chi connectivity index (χ0) is 23.8. The molecule has 0 saturated carbocycles. The highest BCUT2D eigenvalue weighted by Crippen LogP contribution is 2.34. The zero-order valence-corrected chi connectivity index (χ0v) is 18.7. The van der Waals surface area contributed by atoms with E-state index in [0.717, 1.165) is 22.1 Å². The van der Waals surface area contributed by atoms with Gasteiger partial charge in [0.2, 0.25) is 10.0 Å². The Balaban J connectivity index is 1.46. The molecule has 3 aromatic rings. The minimum atomic E-state index is -4.70. The number of hydrogen-bond acceptors (Lipinski definition) is 3. The second-order valence-corrected chi connectivity index (χ2v) is 9.79. The number of rotatable bonds is 4. The quantitative estimate of drug-likeness (QED) is 0.540. The average Bonchev–Trinajstić information content (AvgIpc) is 3.33. The summed E-state index contributed by atoms with van der Waals surface area (Å²) < 4.78 is 68.0. The van der Waals surface area contributed by atoms with E-state index < -0.39 is 26.7 Å². The van der Waals surface area contributed by atoms with Crippen LogP contribution in [0.25, 0.3) is 5.69 Å². The molecule has 2 heterocycles. The summed E-state index contributed by atoms with van der Waals surface area (Å²) in [5.74, 6) is -0.247. The SMILES string of the molecule is O=C(c1ccc(-n2cccc2)cc1)N1CCN(S(=O)(=O)c2cc(C(F)(F)F)ccc2Cl)CC1. The van der Waals surface area contributed by atoms with Crippen LogP contribution >= 0.6 is 11.6 Å². The smallest absolute Gasteiger partial charge is 0.336 e. The van der Waals surface area contributed by atoms with Crippen LogP contribution < -0.4 is 0 Å². The normalized spacial score (nSPS) is 15.6. The van der Waals surface area contributed by atoms with Crippen molar-refractivity contribution in [3.63, 3.8) is 0 Å². The summed E-state index contributed by atoms with van der Waals surface area (Å²) in [7, 11) is -4.26. The number of sulfonamides is 1. The van der Waals surface area contributed by atoms with Gasteiger partial charge >= 0.3 is 6.18 Å². The molecule has 0 aliphatic carbocycles. The standard InChI is InChI=1S/C22H19ClF3N3O3S/c23-19-8-5-17(22(24,25)26)15-20(19)33(31,32)29-13-11-28(12-14-29)21(30)16-3-6-18(7-4-16)27-9-1-2-10-27/h1-10,15H,11-14H2. The molecule has 11 heteroatoms. The molecule has 0 radical (unpaired) electrons. The first-order valence-corrected chi connectivity index (χ1v) is 11.8. The molecule has 1 aliphatic rings. The molecule has 174 valence electrons. The maximum atomic E-state index is 13.0. The van der Waals surface area contributed by atoms with Crippen molar-refractivity contribution < 1.29 is 26.4 Å². The lowest BCUT2D eigenvalue weighted by Gasteiger charge is -2.34. The minimum Gasteiger partial charge on any atom is -0.336 e. The van der Waals surface area contributed by atoms with E-state index in [-0.39, 0.29) is 37.1 Å². The van der Waals surface area contributed by atoms with E-state index in [2.05, 4.69) is 0 Å². The van der Waals surface area contributed by atoms with Gasteiger partial charge in [0, 0.05) is 49.8 Å². The van der Waals surface area contributed by atoms with Gasteiger partial charge in [0.05, 0.1) is 10.6 Å². The molecule has 1 saturated heterocycles. The van der Waals surface area contributed by atoms with E-state index in [1.807, 2.05) is 41.2 Å². The number of nitrogens with zero attached hydrogens (tertiary/aromatic N) is 3. The third-order valence-corrected chi connectivity index (χ3v) is 7.80. The summed E-state index contributed by atoms with van der Waals surface area (Å²) in [5.41, 5.74) is 0.260. The van der Waals surface area contributed by atoms with Gasteiger partial charge in [-0.15, -0.1) is 0 Å². The molecule has 1 aromatic heterocycles. The van der Waals surface area contributed by atoms with Crippen LogP contribution in [0.4, 0.5) is 13.2 Å². The first kappa shape index (κ1) is 23.3. The lowest BCUT2D eigenvalue weighted by atomic mass is 10.1. The van der Waals surface area contributed by atoms with Crippen LogP contribution in [0.3, 0.4) is 0 Å². The second-order valence-electron chi connectivity index (χ2n) is 7.48. The fourth-order valence-electron chi connectivity index (χ4n) is 3.61. The number of amides is 1. The lowest BCUT2D eigenvalue weighted by molar-refractivity contribution is -0.137. The number of halogens is 4. The van der Waals surface area contributed by atoms with Crippen molar-refractivity contribution in [2.45, 2.75) is 11.1 Å². The van der Waals surface area contributed by atoms with Gasteiger partial charge in [0.15, 0.2) is 0 Å². The summed E-state index contributed by atoms with van der Waals surface area (Å²) in [4.78, 5) is 13.8. The second kappa shape index (κ2) is 8.85. The van der Waals surface area contributed by atoms with Crippen LogP contribution in [-0.2, 0) is 16.2 Å². The van der Waals surface area contributed by atoms with Crippen molar-refractivity contribution in [3.05, 3.63) is 83.1 Å². The van der Waals surface area contributed by atoms with Crippen molar-refractivity contribution in [1.29, 1.82) is 0 Å². The molecule has 33 heavy (non-hydrogen) atoms. The Kier molecular flexibility index (Phi) is 6.26. The fourth-order valence-corrected chi connectivity index (χ4v) is 5.54. The number of hydrogen-bond donors (Lipinski definition) is 0. The van der Waals surface area contributed by atoms with Crippen LogP contribution in [0.1, 0.15) is 15.9 Å². The molecule has 0 unspecified atom stereocenters. The van der Waals surface area contributed by atoms with E-state index in [0.29, 0.717) is 11.6 Å². The van der Waals surface area contributed by atoms with Crippen molar-refractivity contribution in [2.24, 2.45) is 0 Å². The minimum absolute atomic E-state index is 0.0535. The van der Waals surface area contributed by atoms with Gasteiger partial charge in [-0.05, 0) is 54.6 Å². The van der Waals surface area contributed by atoms with Gasteiger partial charge < -0.3 is 9.47 Å². The number of aromatic nitrogens is 1. The first-order chi connectivity index (χ1) is 15.6. The third kappa shape index (κ3) is 4.78. The van der Waals surface area contributed by atoms with Crippen LogP contribution in [0, 0.1) is 0 Å². The summed E-state index contributed by atoms with van der Waals surface area (Å²) in [6.07, 6.45) is -0.933. The molecule has 1 fully saturated rings. The number of carbonyl (C=O) groups excluding carboxylic acids is 1. The molecule has 1 amide bonds. The van der Waals surface area contributed by atoms with Crippen LogP contribution in [0.15, 0.2) is 71.9 Å². The monoisotopic (exact) mass is 497 g/mol.